The molecule has 2 saturated heterocycles. The Hall–Kier alpha value is -2.57. The number of nitrogens with zero attached hydrogens (tertiary/aromatic N) is 3. The summed E-state index contributed by atoms with van der Waals surface area (Å²) < 4.78 is 5.35. The van der Waals surface area contributed by atoms with Crippen LogP contribution in [0.25, 0.3) is 0 Å². The van der Waals surface area contributed by atoms with Crippen molar-refractivity contribution < 1.29 is 19.1 Å². The van der Waals surface area contributed by atoms with Gasteiger partial charge in [-0.3, -0.25) is 9.59 Å². The normalized spacial score (nSPS) is 18.9. The first-order valence-corrected chi connectivity index (χ1v) is 11.0. The van der Waals surface area contributed by atoms with Crippen LogP contribution < -0.4 is 0 Å². The van der Waals surface area contributed by atoms with E-state index in [1.54, 1.807) is 14.7 Å². The van der Waals surface area contributed by atoms with Crippen molar-refractivity contribution in [2.24, 2.45) is 5.92 Å². The van der Waals surface area contributed by atoms with Crippen molar-refractivity contribution in [2.45, 2.75) is 45.6 Å². The maximum Gasteiger partial charge on any atom is 0.409 e. The van der Waals surface area contributed by atoms with Gasteiger partial charge in [-0.05, 0) is 30.7 Å². The second-order valence-electron chi connectivity index (χ2n) is 8.49. The van der Waals surface area contributed by atoms with Gasteiger partial charge in [-0.25, -0.2) is 4.79 Å². The molecule has 1 aromatic carbocycles. The maximum absolute atomic E-state index is 13.6. The van der Waals surface area contributed by atoms with Crippen LogP contribution in [0, 0.1) is 5.92 Å². The zero-order valence-electron chi connectivity index (χ0n) is 18.1. The lowest BCUT2D eigenvalue weighted by atomic mass is 10.00. The van der Waals surface area contributed by atoms with E-state index in [4.69, 9.17) is 4.74 Å². The Morgan fingerprint density at radius 1 is 0.933 bits per heavy atom. The van der Waals surface area contributed by atoms with Gasteiger partial charge in [-0.1, -0.05) is 44.2 Å². The molecule has 2 fully saturated rings. The topological polar surface area (TPSA) is 70.2 Å². The van der Waals surface area contributed by atoms with Crippen LogP contribution in [0.3, 0.4) is 0 Å². The largest absolute Gasteiger partial charge is 0.449 e. The summed E-state index contributed by atoms with van der Waals surface area (Å²) in [5.41, 5.74) is 0.843. The summed E-state index contributed by atoms with van der Waals surface area (Å²) in [5.74, 6) is 0.263. The van der Waals surface area contributed by atoms with Crippen LogP contribution in [0.15, 0.2) is 30.3 Å². The molecule has 7 nitrogen and oxygen atoms in total. The second kappa shape index (κ2) is 10.5. The fourth-order valence-corrected chi connectivity index (χ4v) is 4.01. The average Bonchev–Trinajstić information content (AvgIpc) is 3.01. The van der Waals surface area contributed by atoms with Gasteiger partial charge in [0.25, 0.3) is 0 Å². The van der Waals surface area contributed by atoms with E-state index in [2.05, 4.69) is 0 Å². The maximum atomic E-state index is 13.6. The lowest BCUT2D eigenvalue weighted by molar-refractivity contribution is -0.147. The van der Waals surface area contributed by atoms with E-state index in [0.717, 1.165) is 18.4 Å². The number of hydrogen-bond donors (Lipinski definition) is 0. The van der Waals surface area contributed by atoms with Crippen molar-refractivity contribution in [3.05, 3.63) is 35.9 Å². The SMILES string of the molecule is CC(C)COC(=O)N1CCCN(C(=O)C(c2ccccc2)N2CCCCC2=O)CC1. The Morgan fingerprint density at radius 2 is 1.63 bits per heavy atom. The molecule has 3 rings (SSSR count). The van der Waals surface area contributed by atoms with Gasteiger partial charge in [0.2, 0.25) is 11.8 Å². The van der Waals surface area contributed by atoms with Crippen LogP contribution in [0.4, 0.5) is 4.79 Å². The molecule has 1 atom stereocenters. The molecule has 0 radical (unpaired) electrons. The first kappa shape index (κ1) is 22.1. The van der Waals surface area contributed by atoms with Gasteiger partial charge in [0.05, 0.1) is 6.61 Å². The number of ether oxygens (including phenoxy) is 1. The molecule has 0 N–H and O–H groups in total. The number of piperidine rings is 1. The van der Waals surface area contributed by atoms with E-state index in [9.17, 15) is 14.4 Å². The highest BCUT2D eigenvalue weighted by atomic mass is 16.6. The molecule has 0 aromatic heterocycles. The molecule has 0 aliphatic carbocycles. The summed E-state index contributed by atoms with van der Waals surface area (Å²) in [6.07, 6.45) is 2.66. The number of rotatable bonds is 5. The van der Waals surface area contributed by atoms with Gasteiger partial charge in [-0.15, -0.1) is 0 Å². The molecule has 164 valence electrons. The van der Waals surface area contributed by atoms with E-state index in [-0.39, 0.29) is 23.8 Å². The predicted molar refractivity (Wildman–Crippen MR) is 114 cm³/mol. The van der Waals surface area contributed by atoms with Crippen LogP contribution >= 0.6 is 0 Å². The van der Waals surface area contributed by atoms with Crippen molar-refractivity contribution >= 4 is 17.9 Å². The lowest BCUT2D eigenvalue weighted by Crippen LogP contribution is -2.48. The number of carbonyl (C=O) groups is 3. The van der Waals surface area contributed by atoms with Crippen LogP contribution in [0.1, 0.15) is 51.1 Å². The summed E-state index contributed by atoms with van der Waals surface area (Å²) >= 11 is 0. The minimum absolute atomic E-state index is 0.0390. The van der Waals surface area contributed by atoms with Crippen LogP contribution in [0.5, 0.6) is 0 Å². The summed E-state index contributed by atoms with van der Waals surface area (Å²) in [6, 6.07) is 8.95. The quantitative estimate of drug-likeness (QED) is 0.741. The number of amides is 3. The summed E-state index contributed by atoms with van der Waals surface area (Å²) in [6.45, 7) is 7.02. The van der Waals surface area contributed by atoms with E-state index in [0.29, 0.717) is 52.2 Å². The summed E-state index contributed by atoms with van der Waals surface area (Å²) in [4.78, 5) is 43.7. The van der Waals surface area contributed by atoms with Crippen molar-refractivity contribution in [3.8, 4) is 0 Å². The van der Waals surface area contributed by atoms with E-state index < -0.39 is 6.04 Å². The van der Waals surface area contributed by atoms with Crippen LogP contribution in [-0.2, 0) is 14.3 Å². The fourth-order valence-electron chi connectivity index (χ4n) is 4.01. The van der Waals surface area contributed by atoms with E-state index >= 15 is 0 Å². The Balaban J connectivity index is 1.71. The number of hydrogen-bond acceptors (Lipinski definition) is 4. The van der Waals surface area contributed by atoms with Crippen LogP contribution in [0.2, 0.25) is 0 Å². The second-order valence-corrected chi connectivity index (χ2v) is 8.49. The fraction of sp³-hybridized carbons (Fsp3) is 0.609. The summed E-state index contributed by atoms with van der Waals surface area (Å²) in [5, 5.41) is 0. The molecule has 2 heterocycles. The van der Waals surface area contributed by atoms with Gasteiger partial charge in [0.15, 0.2) is 0 Å². The van der Waals surface area contributed by atoms with Crippen molar-refractivity contribution in [1.82, 2.24) is 14.7 Å². The molecule has 7 heteroatoms. The van der Waals surface area contributed by atoms with Gasteiger partial charge in [-0.2, -0.15) is 0 Å². The van der Waals surface area contributed by atoms with E-state index in [1.165, 1.54) is 0 Å². The Morgan fingerprint density at radius 3 is 2.33 bits per heavy atom. The molecule has 1 aromatic rings. The highest BCUT2D eigenvalue weighted by Gasteiger charge is 2.36. The molecule has 30 heavy (non-hydrogen) atoms. The third-order valence-corrected chi connectivity index (χ3v) is 5.63. The molecule has 2 aliphatic heterocycles. The average molecular weight is 416 g/mol. The third kappa shape index (κ3) is 5.52. The summed E-state index contributed by atoms with van der Waals surface area (Å²) in [7, 11) is 0. The smallest absolute Gasteiger partial charge is 0.409 e. The third-order valence-electron chi connectivity index (χ3n) is 5.63. The monoisotopic (exact) mass is 415 g/mol. The Bertz CT molecular complexity index is 737. The van der Waals surface area contributed by atoms with Crippen LogP contribution in [-0.4, -0.2) is 71.9 Å². The Labute approximate surface area is 179 Å². The van der Waals surface area contributed by atoms with Gasteiger partial charge in [0.1, 0.15) is 6.04 Å². The Kier molecular flexibility index (Phi) is 7.71. The van der Waals surface area contributed by atoms with Crippen molar-refractivity contribution in [2.75, 3.05) is 39.3 Å². The standard InChI is InChI=1S/C23H33N3O4/c1-18(2)17-30-23(29)25-13-8-12-24(15-16-25)22(28)21(19-9-4-3-5-10-19)26-14-7-6-11-20(26)27/h3-5,9-10,18,21H,6-8,11-17H2,1-2H3. The molecule has 0 saturated carbocycles. The van der Waals surface area contributed by atoms with Gasteiger partial charge >= 0.3 is 6.09 Å². The molecule has 0 bridgehead atoms. The van der Waals surface area contributed by atoms with Crippen molar-refractivity contribution in [1.29, 1.82) is 0 Å². The molecule has 0 spiro atoms. The minimum Gasteiger partial charge on any atom is -0.449 e. The highest BCUT2D eigenvalue weighted by molar-refractivity contribution is 5.89. The zero-order valence-corrected chi connectivity index (χ0v) is 18.1. The minimum atomic E-state index is -0.599. The van der Waals surface area contributed by atoms with Gasteiger partial charge < -0.3 is 19.4 Å². The van der Waals surface area contributed by atoms with Gasteiger partial charge in [0, 0.05) is 39.1 Å². The molecular weight excluding hydrogens is 382 g/mol. The molecular formula is C23H33N3O4. The first-order chi connectivity index (χ1) is 14.5. The molecule has 3 amide bonds. The van der Waals surface area contributed by atoms with Crippen molar-refractivity contribution in [3.63, 3.8) is 0 Å². The van der Waals surface area contributed by atoms with E-state index in [1.807, 2.05) is 44.2 Å². The number of likely N-dealkylation sites (tertiary alicyclic amines) is 1. The highest BCUT2D eigenvalue weighted by Crippen LogP contribution is 2.28. The lowest BCUT2D eigenvalue weighted by Gasteiger charge is -2.36. The number of carbonyl (C=O) groups excluding carboxylic acids is 3. The zero-order chi connectivity index (χ0) is 21.5. The molecule has 2 aliphatic rings. The molecule has 1 unspecified atom stereocenters. The predicted octanol–water partition coefficient (Wildman–Crippen LogP) is 3.07. The first-order valence-electron chi connectivity index (χ1n) is 11.0. The number of benzene rings is 1.